The molecule has 0 amide bonds. The Kier molecular flexibility index (Phi) is 45.7. The maximum absolute atomic E-state index is 12.8. The fourth-order valence-corrected chi connectivity index (χ4v) is 8.75. The summed E-state index contributed by atoms with van der Waals surface area (Å²) in [5.74, 6) is -0.324. The molecule has 2 unspecified atom stereocenters. The predicted octanol–water partition coefficient (Wildman–Crippen LogP) is 15.8. The van der Waals surface area contributed by atoms with Crippen LogP contribution in [-0.4, -0.2) is 70.7 Å². The van der Waals surface area contributed by atoms with Gasteiger partial charge in [-0.05, 0) is 12.8 Å². The highest BCUT2D eigenvalue weighted by Gasteiger charge is 2.20. The number of quaternary nitrogens is 1. The average Bonchev–Trinajstić information content (AvgIpc) is 3.22. The third-order valence-corrected chi connectivity index (χ3v) is 13.1. The van der Waals surface area contributed by atoms with Crippen LogP contribution < -0.4 is 4.89 Å². The fraction of sp³-hybridized carbons (Fsp3) is 0.981. The van der Waals surface area contributed by atoms with E-state index in [4.69, 9.17) is 18.5 Å². The van der Waals surface area contributed by atoms with Gasteiger partial charge in [0.05, 0.1) is 34.4 Å². The summed E-state index contributed by atoms with van der Waals surface area (Å²) in [4.78, 5) is 25.2. The Morgan fingerprint density at radius 3 is 1.08 bits per heavy atom. The smallest absolute Gasteiger partial charge is 0.306 e. The van der Waals surface area contributed by atoms with Gasteiger partial charge in [0.2, 0.25) is 0 Å². The van der Waals surface area contributed by atoms with Gasteiger partial charge in [0, 0.05) is 13.0 Å². The molecule has 0 aliphatic rings. The van der Waals surface area contributed by atoms with Crippen LogP contribution in [0.15, 0.2) is 0 Å². The molecule has 0 aromatic carbocycles. The zero-order chi connectivity index (χ0) is 44.8. The minimum absolute atomic E-state index is 0.0318. The second kappa shape index (κ2) is 46.0. The van der Waals surface area contributed by atoms with E-state index in [2.05, 4.69) is 13.8 Å². The van der Waals surface area contributed by atoms with Crippen LogP contribution in [0, 0.1) is 0 Å². The van der Waals surface area contributed by atoms with Crippen molar-refractivity contribution in [1.82, 2.24) is 0 Å². The highest BCUT2D eigenvalue weighted by molar-refractivity contribution is 7.45. The molecule has 0 bridgehead atoms. The standard InChI is InChI=1S/C52H106NO7P/c1-6-8-10-12-14-16-18-20-22-24-26-28-30-32-34-36-38-40-42-44-47-57-49-51(50-59-61(55,56)58-48-46-53(3,4)5)60-52(54)45-43-41-39-37-35-33-31-29-27-25-23-21-19-17-15-13-11-9-7-2/h51H,6-50H2,1-5H3. The highest BCUT2D eigenvalue weighted by atomic mass is 31.2. The van der Waals surface area contributed by atoms with Crippen molar-refractivity contribution in [2.75, 3.05) is 54.1 Å². The Balaban J connectivity index is 4.06. The van der Waals surface area contributed by atoms with E-state index in [9.17, 15) is 14.3 Å². The number of phosphoric ester groups is 1. The van der Waals surface area contributed by atoms with Gasteiger partial charge in [-0.1, -0.05) is 251 Å². The summed E-state index contributed by atoms with van der Waals surface area (Å²) in [5, 5.41) is 0. The summed E-state index contributed by atoms with van der Waals surface area (Å²) < 4.78 is 34.8. The Bertz CT molecular complexity index is 945. The molecular weight excluding hydrogens is 782 g/mol. The molecule has 61 heavy (non-hydrogen) atoms. The Hall–Kier alpha value is -0.500. The third-order valence-electron chi connectivity index (χ3n) is 12.2. The number of likely N-dealkylation sites (N-methyl/N-ethyl adjacent to an activating group) is 1. The molecule has 0 radical (unpaired) electrons. The maximum Gasteiger partial charge on any atom is 0.306 e. The van der Waals surface area contributed by atoms with E-state index in [0.29, 0.717) is 24.1 Å². The molecule has 8 nitrogen and oxygen atoms in total. The number of ether oxygens (including phenoxy) is 2. The summed E-state index contributed by atoms with van der Waals surface area (Å²) in [6.07, 6.45) is 51.3. The molecule has 0 aromatic rings. The van der Waals surface area contributed by atoms with Crippen LogP contribution in [0.2, 0.25) is 0 Å². The lowest BCUT2D eigenvalue weighted by Gasteiger charge is -2.28. The van der Waals surface area contributed by atoms with Crippen LogP contribution in [0.5, 0.6) is 0 Å². The first kappa shape index (κ1) is 60.5. The van der Waals surface area contributed by atoms with E-state index in [1.807, 2.05) is 21.1 Å². The van der Waals surface area contributed by atoms with E-state index in [1.165, 1.54) is 218 Å². The molecule has 0 aliphatic heterocycles. The van der Waals surface area contributed by atoms with Crippen molar-refractivity contribution in [3.63, 3.8) is 0 Å². The van der Waals surface area contributed by atoms with E-state index in [1.54, 1.807) is 0 Å². The molecule has 0 N–H and O–H groups in total. The lowest BCUT2D eigenvalue weighted by Crippen LogP contribution is -2.37. The molecule has 0 saturated carbocycles. The Morgan fingerprint density at radius 2 is 0.754 bits per heavy atom. The fourth-order valence-electron chi connectivity index (χ4n) is 8.02. The van der Waals surface area contributed by atoms with Gasteiger partial charge >= 0.3 is 5.97 Å². The van der Waals surface area contributed by atoms with Gasteiger partial charge in [0.25, 0.3) is 7.82 Å². The molecule has 0 aromatic heterocycles. The number of unbranched alkanes of at least 4 members (excludes halogenated alkanes) is 37. The number of nitrogens with zero attached hydrogens (tertiary/aromatic N) is 1. The predicted molar refractivity (Wildman–Crippen MR) is 259 cm³/mol. The SMILES string of the molecule is CCCCCCCCCCCCCCCCCCCCCCOCC(COP(=O)([O-])OCC[N+](C)(C)C)OC(=O)CCCCCCCCCCCCCCCCCCCCC. The van der Waals surface area contributed by atoms with Gasteiger partial charge in [-0.3, -0.25) is 9.36 Å². The molecule has 366 valence electrons. The van der Waals surface area contributed by atoms with Gasteiger partial charge in [0.15, 0.2) is 0 Å². The average molecular weight is 888 g/mol. The van der Waals surface area contributed by atoms with Gasteiger partial charge in [-0.25, -0.2) is 0 Å². The van der Waals surface area contributed by atoms with Gasteiger partial charge in [0.1, 0.15) is 19.3 Å². The summed E-state index contributed by atoms with van der Waals surface area (Å²) in [6.45, 7) is 5.50. The first-order valence-electron chi connectivity index (χ1n) is 26.8. The van der Waals surface area contributed by atoms with E-state index >= 15 is 0 Å². The minimum atomic E-state index is -4.52. The number of carbonyl (C=O) groups excluding carboxylic acids is 1. The van der Waals surface area contributed by atoms with Gasteiger partial charge < -0.3 is 27.9 Å². The molecule has 0 fully saturated rings. The number of hydrogen-bond donors (Lipinski definition) is 0. The summed E-state index contributed by atoms with van der Waals surface area (Å²) in [7, 11) is 1.38. The Morgan fingerprint density at radius 1 is 0.443 bits per heavy atom. The van der Waals surface area contributed by atoms with Gasteiger partial charge in [-0.15, -0.1) is 0 Å². The topological polar surface area (TPSA) is 94.1 Å². The van der Waals surface area contributed by atoms with E-state index in [0.717, 1.165) is 32.1 Å². The number of esters is 1. The molecule has 0 rings (SSSR count). The molecule has 2 atom stereocenters. The third kappa shape index (κ3) is 50.4. The Labute approximate surface area is 380 Å². The van der Waals surface area contributed by atoms with Crippen LogP contribution >= 0.6 is 7.82 Å². The van der Waals surface area contributed by atoms with Crippen LogP contribution in [0.3, 0.4) is 0 Å². The first-order chi connectivity index (χ1) is 29.6. The van der Waals surface area contributed by atoms with Crippen LogP contribution in [0.1, 0.15) is 271 Å². The van der Waals surface area contributed by atoms with Gasteiger partial charge in [-0.2, -0.15) is 0 Å². The molecule has 0 spiro atoms. The molecule has 0 heterocycles. The van der Waals surface area contributed by atoms with Crippen molar-refractivity contribution >= 4 is 13.8 Å². The van der Waals surface area contributed by atoms with E-state index in [-0.39, 0.29) is 25.8 Å². The number of rotatable bonds is 51. The number of carbonyl (C=O) groups is 1. The van der Waals surface area contributed by atoms with Crippen molar-refractivity contribution in [3.8, 4) is 0 Å². The minimum Gasteiger partial charge on any atom is -0.756 e. The van der Waals surface area contributed by atoms with Crippen molar-refractivity contribution < 1.29 is 37.3 Å². The molecular formula is C52H106NO7P. The number of hydrogen-bond acceptors (Lipinski definition) is 7. The second-order valence-corrected chi connectivity index (χ2v) is 21.0. The highest BCUT2D eigenvalue weighted by Crippen LogP contribution is 2.38. The molecule has 9 heteroatoms. The zero-order valence-corrected chi connectivity index (χ0v) is 42.5. The summed E-state index contributed by atoms with van der Waals surface area (Å²) in [6, 6.07) is 0. The van der Waals surface area contributed by atoms with Crippen LogP contribution in [0.25, 0.3) is 0 Å². The molecule has 0 saturated heterocycles. The monoisotopic (exact) mass is 888 g/mol. The number of phosphoric acid groups is 1. The quantitative estimate of drug-likeness (QED) is 0.0260. The van der Waals surface area contributed by atoms with Crippen molar-refractivity contribution in [2.24, 2.45) is 0 Å². The zero-order valence-electron chi connectivity index (χ0n) is 41.6. The normalized spacial score (nSPS) is 13.5. The lowest BCUT2D eigenvalue weighted by molar-refractivity contribution is -0.870. The van der Waals surface area contributed by atoms with Crippen molar-refractivity contribution in [3.05, 3.63) is 0 Å². The first-order valence-corrected chi connectivity index (χ1v) is 28.2. The maximum atomic E-state index is 12.8. The van der Waals surface area contributed by atoms with Crippen LogP contribution in [-0.2, 0) is 27.9 Å². The summed E-state index contributed by atoms with van der Waals surface area (Å²) in [5.41, 5.74) is 0. The van der Waals surface area contributed by atoms with Crippen molar-refractivity contribution in [2.45, 2.75) is 277 Å². The van der Waals surface area contributed by atoms with Crippen LogP contribution in [0.4, 0.5) is 0 Å². The second-order valence-electron chi connectivity index (χ2n) is 19.6. The largest absolute Gasteiger partial charge is 0.756 e. The summed E-state index contributed by atoms with van der Waals surface area (Å²) >= 11 is 0. The lowest BCUT2D eigenvalue weighted by atomic mass is 10.0. The van der Waals surface area contributed by atoms with E-state index < -0.39 is 13.9 Å². The molecule has 0 aliphatic carbocycles. The van der Waals surface area contributed by atoms with Crippen molar-refractivity contribution in [1.29, 1.82) is 0 Å².